The number of fused-ring (bicyclic) bond motifs is 3. The van der Waals surface area contributed by atoms with Crippen LogP contribution in [0.1, 0.15) is 66.2 Å². The molecule has 5 atom stereocenters. The Morgan fingerprint density at radius 1 is 1.28 bits per heavy atom. The van der Waals surface area contributed by atoms with E-state index >= 15 is 0 Å². The van der Waals surface area contributed by atoms with Crippen LogP contribution in [-0.4, -0.2) is 27.7 Å². The van der Waals surface area contributed by atoms with Crippen molar-refractivity contribution in [1.29, 1.82) is 0 Å². The number of carbonyl (C=O) groups is 2. The lowest BCUT2D eigenvalue weighted by molar-refractivity contribution is -0.323. The molecule has 2 fully saturated rings. The molecule has 0 unspecified atom stereocenters. The summed E-state index contributed by atoms with van der Waals surface area (Å²) in [6, 6.07) is 0. The van der Waals surface area contributed by atoms with Crippen molar-refractivity contribution < 1.29 is 24.8 Å². The normalized spacial score (nSPS) is 44.1. The highest BCUT2D eigenvalue weighted by molar-refractivity contribution is 5.98. The molecule has 3 aliphatic carbocycles. The van der Waals surface area contributed by atoms with E-state index < -0.39 is 17.0 Å². The second-order valence-electron chi connectivity index (χ2n) is 9.15. The van der Waals surface area contributed by atoms with Gasteiger partial charge >= 0.3 is 5.97 Å². The van der Waals surface area contributed by atoms with Crippen molar-refractivity contribution in [3.8, 4) is 0 Å². The Morgan fingerprint density at radius 3 is 2.52 bits per heavy atom. The molecule has 3 aliphatic rings. The average molecular weight is 350 g/mol. The number of aliphatic carboxylic acids is 1. The summed E-state index contributed by atoms with van der Waals surface area (Å²) >= 11 is 0. The molecule has 5 nitrogen and oxygen atoms in total. The summed E-state index contributed by atoms with van der Waals surface area (Å²) in [7, 11) is 0. The third-order valence-electron chi connectivity index (χ3n) is 7.72. The second-order valence-corrected chi connectivity index (χ2v) is 9.15. The van der Waals surface area contributed by atoms with Gasteiger partial charge in [0.1, 0.15) is 5.60 Å². The van der Waals surface area contributed by atoms with Crippen LogP contribution >= 0.6 is 0 Å². The standard InChI is InChI=1S/C20H30O5/c1-12(2)20(25-24)9-6-14-13(11-20)15(21)10-16-18(14,3)7-5-8-19(16,4)17(22)23/h11-12,14,16,24H,5-10H2,1-4H3,(H,22,23)/t14-,16-,18-,19-,20+/m1/s1. The first kappa shape index (κ1) is 18.6. The van der Waals surface area contributed by atoms with E-state index in [0.29, 0.717) is 12.8 Å². The number of rotatable bonds is 3. The number of Topliss-reactive ketones (excluding diaryl/α,β-unsaturated/α-hetero) is 1. The van der Waals surface area contributed by atoms with Crippen LogP contribution in [0, 0.1) is 28.6 Å². The Labute approximate surface area is 149 Å². The van der Waals surface area contributed by atoms with Crippen LogP contribution in [0.4, 0.5) is 0 Å². The molecule has 0 amide bonds. The van der Waals surface area contributed by atoms with E-state index in [1.165, 1.54) is 0 Å². The smallest absolute Gasteiger partial charge is 0.309 e. The lowest BCUT2D eigenvalue weighted by Gasteiger charge is -2.58. The van der Waals surface area contributed by atoms with Crippen LogP contribution in [0.5, 0.6) is 0 Å². The maximum atomic E-state index is 13.0. The van der Waals surface area contributed by atoms with E-state index in [4.69, 9.17) is 4.89 Å². The monoisotopic (exact) mass is 350 g/mol. The molecule has 0 saturated heterocycles. The second kappa shape index (κ2) is 5.92. The fraction of sp³-hybridized carbons (Fsp3) is 0.800. The van der Waals surface area contributed by atoms with E-state index in [2.05, 4.69) is 6.92 Å². The molecule has 2 saturated carbocycles. The predicted octanol–water partition coefficient (Wildman–Crippen LogP) is 4.08. The molecule has 0 radical (unpaired) electrons. The molecule has 0 spiro atoms. The van der Waals surface area contributed by atoms with E-state index in [1.54, 1.807) is 0 Å². The zero-order chi connectivity index (χ0) is 18.6. The quantitative estimate of drug-likeness (QED) is 0.592. The fourth-order valence-electron chi connectivity index (χ4n) is 5.90. The van der Waals surface area contributed by atoms with Crippen LogP contribution in [0.2, 0.25) is 0 Å². The van der Waals surface area contributed by atoms with Gasteiger partial charge in [0.05, 0.1) is 5.41 Å². The molecular weight excluding hydrogens is 320 g/mol. The average Bonchev–Trinajstić information content (AvgIpc) is 2.56. The van der Waals surface area contributed by atoms with Gasteiger partial charge in [0.2, 0.25) is 0 Å². The third kappa shape index (κ3) is 2.50. The van der Waals surface area contributed by atoms with Crippen LogP contribution in [-0.2, 0) is 14.5 Å². The van der Waals surface area contributed by atoms with E-state index in [-0.39, 0.29) is 35.4 Å². The minimum atomic E-state index is -0.839. The zero-order valence-corrected chi connectivity index (χ0v) is 15.7. The number of hydrogen-bond donors (Lipinski definition) is 2. The Bertz CT molecular complexity index is 624. The van der Waals surface area contributed by atoms with Crippen LogP contribution in [0.15, 0.2) is 11.6 Å². The van der Waals surface area contributed by atoms with Crippen LogP contribution in [0.3, 0.4) is 0 Å². The summed E-state index contributed by atoms with van der Waals surface area (Å²) in [6.07, 6.45) is 5.98. The van der Waals surface area contributed by atoms with Gasteiger partial charge < -0.3 is 5.11 Å². The summed E-state index contributed by atoms with van der Waals surface area (Å²) in [5.41, 5.74) is -1.09. The first-order valence-corrected chi connectivity index (χ1v) is 9.42. The largest absolute Gasteiger partial charge is 0.481 e. The van der Waals surface area contributed by atoms with Gasteiger partial charge in [0.15, 0.2) is 5.78 Å². The van der Waals surface area contributed by atoms with Crippen molar-refractivity contribution in [3.05, 3.63) is 11.6 Å². The highest BCUT2D eigenvalue weighted by Crippen LogP contribution is 2.63. The Morgan fingerprint density at radius 2 is 1.96 bits per heavy atom. The number of carboxylic acids is 1. The number of ketones is 1. The SMILES string of the molecule is CC(C)[C@@]1(OO)C=C2C(=O)C[C@@H]3[C@](C)(CCC[C@@]3(C)C(=O)O)[C@@H]2CC1. The van der Waals surface area contributed by atoms with Crippen LogP contribution in [0.25, 0.3) is 0 Å². The Kier molecular flexibility index (Phi) is 4.40. The van der Waals surface area contributed by atoms with Gasteiger partial charge in [0.25, 0.3) is 0 Å². The summed E-state index contributed by atoms with van der Waals surface area (Å²) in [5.74, 6) is -0.777. The number of hydrogen-bond acceptors (Lipinski definition) is 4. The predicted molar refractivity (Wildman–Crippen MR) is 92.9 cm³/mol. The van der Waals surface area contributed by atoms with Gasteiger partial charge in [-0.25, -0.2) is 4.89 Å². The van der Waals surface area contributed by atoms with Gasteiger partial charge in [-0.2, -0.15) is 0 Å². The van der Waals surface area contributed by atoms with Crippen molar-refractivity contribution in [1.82, 2.24) is 0 Å². The Balaban J connectivity index is 2.06. The first-order valence-electron chi connectivity index (χ1n) is 9.42. The highest BCUT2D eigenvalue weighted by atomic mass is 17.1. The maximum Gasteiger partial charge on any atom is 0.309 e. The highest BCUT2D eigenvalue weighted by Gasteiger charge is 2.61. The zero-order valence-electron chi connectivity index (χ0n) is 15.7. The van der Waals surface area contributed by atoms with E-state index in [0.717, 1.165) is 24.8 Å². The summed E-state index contributed by atoms with van der Waals surface area (Å²) in [5, 5.41) is 19.4. The summed E-state index contributed by atoms with van der Waals surface area (Å²) in [4.78, 5) is 29.8. The van der Waals surface area contributed by atoms with Crippen molar-refractivity contribution in [3.63, 3.8) is 0 Å². The first-order chi connectivity index (χ1) is 11.6. The van der Waals surface area contributed by atoms with E-state index in [1.807, 2.05) is 26.8 Å². The van der Waals surface area contributed by atoms with Gasteiger partial charge in [-0.3, -0.25) is 14.8 Å². The third-order valence-corrected chi connectivity index (χ3v) is 7.72. The molecule has 0 aromatic rings. The van der Waals surface area contributed by atoms with Crippen molar-refractivity contribution >= 4 is 11.8 Å². The topological polar surface area (TPSA) is 83.8 Å². The molecule has 2 N–H and O–H groups in total. The van der Waals surface area contributed by atoms with Crippen molar-refractivity contribution in [2.45, 2.75) is 71.8 Å². The van der Waals surface area contributed by atoms with Gasteiger partial charge in [-0.05, 0) is 67.4 Å². The lowest BCUT2D eigenvalue weighted by Crippen LogP contribution is -2.57. The molecular formula is C20H30O5. The lowest BCUT2D eigenvalue weighted by atomic mass is 9.45. The molecule has 140 valence electrons. The molecule has 5 heteroatoms. The minimum absolute atomic E-state index is 0.0311. The fourth-order valence-corrected chi connectivity index (χ4v) is 5.90. The molecule has 25 heavy (non-hydrogen) atoms. The maximum absolute atomic E-state index is 13.0. The molecule has 0 bridgehead atoms. The van der Waals surface area contributed by atoms with Gasteiger partial charge in [-0.1, -0.05) is 27.2 Å². The molecule has 3 rings (SSSR count). The number of carbonyl (C=O) groups excluding carboxylic acids is 1. The number of carboxylic acid groups (broad SMARTS) is 1. The minimum Gasteiger partial charge on any atom is -0.481 e. The summed E-state index contributed by atoms with van der Waals surface area (Å²) < 4.78 is 0. The molecule has 0 aliphatic heterocycles. The molecule has 0 aromatic carbocycles. The van der Waals surface area contributed by atoms with Gasteiger partial charge in [-0.15, -0.1) is 0 Å². The Hall–Kier alpha value is -1.20. The summed E-state index contributed by atoms with van der Waals surface area (Å²) in [6.45, 7) is 7.95. The molecule has 0 heterocycles. The molecule has 0 aromatic heterocycles. The van der Waals surface area contributed by atoms with Crippen molar-refractivity contribution in [2.75, 3.05) is 0 Å². The van der Waals surface area contributed by atoms with Crippen molar-refractivity contribution in [2.24, 2.45) is 28.6 Å². The number of allylic oxidation sites excluding steroid dienone is 1. The van der Waals surface area contributed by atoms with Crippen LogP contribution < -0.4 is 0 Å². The van der Waals surface area contributed by atoms with Gasteiger partial charge in [0, 0.05) is 6.42 Å². The van der Waals surface area contributed by atoms with E-state index in [9.17, 15) is 20.0 Å².